The van der Waals surface area contributed by atoms with E-state index in [0.29, 0.717) is 16.7 Å². The average molecular weight is 615 g/mol. The van der Waals surface area contributed by atoms with Crippen molar-refractivity contribution in [2.75, 3.05) is 26.0 Å². The Hall–Kier alpha value is -4.06. The summed E-state index contributed by atoms with van der Waals surface area (Å²) >= 11 is 0.627. The van der Waals surface area contributed by atoms with Crippen LogP contribution in [-0.4, -0.2) is 77.5 Å². The number of carbonyl (C=O) groups excluding carboxylic acids is 5. The summed E-state index contributed by atoms with van der Waals surface area (Å²) < 4.78 is 20.9. The fraction of sp³-hybridized carbons (Fsp3) is 0.452. The molecule has 0 fully saturated rings. The Bertz CT molecular complexity index is 1290. The molecule has 1 N–H and O–H groups in total. The standard InChI is InChI=1S/C31H38N2O9S/c1-30(2,3)41-28(37)33(29(38)42-31(4,5)6)24(26(35)39-7)18-43-25(34)16-32-27(36)40-17-23-21-14-10-8-12-19(21)20-13-9-11-15-22(20)23/h8-15,23-24H,16-18H2,1-7H3,(H,32,36). The lowest BCUT2D eigenvalue weighted by atomic mass is 9.98. The minimum absolute atomic E-state index is 0.0757. The van der Waals surface area contributed by atoms with E-state index in [4.69, 9.17) is 18.9 Å². The Morgan fingerprint density at radius 3 is 1.79 bits per heavy atom. The molecule has 3 rings (SSSR count). The number of hydrogen-bond donors (Lipinski definition) is 1. The molecule has 1 unspecified atom stereocenters. The molecule has 0 spiro atoms. The number of carbonyl (C=O) groups is 5. The zero-order valence-corrected chi connectivity index (χ0v) is 26.2. The molecule has 0 saturated carbocycles. The number of esters is 1. The maximum atomic E-state index is 13.0. The molecule has 43 heavy (non-hydrogen) atoms. The van der Waals surface area contributed by atoms with Gasteiger partial charge in [-0.25, -0.2) is 19.2 Å². The summed E-state index contributed by atoms with van der Waals surface area (Å²) in [6.07, 6.45) is -3.06. The van der Waals surface area contributed by atoms with Crippen LogP contribution in [0.3, 0.4) is 0 Å². The molecule has 1 aliphatic rings. The van der Waals surface area contributed by atoms with E-state index in [1.54, 1.807) is 41.5 Å². The Labute approximate surface area is 255 Å². The van der Waals surface area contributed by atoms with Crippen molar-refractivity contribution in [3.63, 3.8) is 0 Å². The molecule has 11 nitrogen and oxygen atoms in total. The summed E-state index contributed by atoms with van der Waals surface area (Å²) in [7, 11) is 1.09. The van der Waals surface area contributed by atoms with Gasteiger partial charge in [-0.2, -0.15) is 4.90 Å². The molecule has 3 amide bonds. The lowest BCUT2D eigenvalue weighted by Crippen LogP contribution is -2.53. The lowest BCUT2D eigenvalue weighted by molar-refractivity contribution is -0.145. The monoisotopic (exact) mass is 614 g/mol. The van der Waals surface area contributed by atoms with Crippen molar-refractivity contribution in [3.8, 4) is 11.1 Å². The molecule has 0 aliphatic heterocycles. The van der Waals surface area contributed by atoms with Crippen LogP contribution in [0.5, 0.6) is 0 Å². The molecule has 0 bridgehead atoms. The number of hydrogen-bond acceptors (Lipinski definition) is 10. The highest BCUT2D eigenvalue weighted by Crippen LogP contribution is 2.44. The van der Waals surface area contributed by atoms with Crippen molar-refractivity contribution < 1.29 is 42.9 Å². The number of amides is 3. The number of imide groups is 1. The summed E-state index contributed by atoms with van der Waals surface area (Å²) in [6.45, 7) is 9.23. The number of fused-ring (bicyclic) bond motifs is 3. The van der Waals surface area contributed by atoms with Gasteiger partial charge in [0.2, 0.25) is 5.12 Å². The van der Waals surface area contributed by atoms with E-state index in [-0.39, 0.29) is 18.3 Å². The van der Waals surface area contributed by atoms with Gasteiger partial charge in [-0.3, -0.25) is 4.79 Å². The van der Waals surface area contributed by atoms with Crippen molar-refractivity contribution in [3.05, 3.63) is 59.7 Å². The number of thioether (sulfide) groups is 1. The highest BCUT2D eigenvalue weighted by atomic mass is 32.2. The second kappa shape index (κ2) is 13.9. The van der Waals surface area contributed by atoms with Gasteiger partial charge in [0.15, 0.2) is 6.04 Å². The molecule has 1 aliphatic carbocycles. The number of ether oxygens (including phenoxy) is 4. The molecule has 1 atom stereocenters. The number of rotatable bonds is 8. The minimum Gasteiger partial charge on any atom is -0.467 e. The third kappa shape index (κ3) is 9.21. The summed E-state index contributed by atoms with van der Waals surface area (Å²) in [5.41, 5.74) is 2.30. The summed E-state index contributed by atoms with van der Waals surface area (Å²) in [4.78, 5) is 64.2. The SMILES string of the molecule is COC(=O)C(CSC(=O)CNC(=O)OCC1c2ccccc2-c2ccccc21)N(C(=O)OC(C)(C)C)C(=O)OC(C)(C)C. The largest absolute Gasteiger partial charge is 0.467 e. The van der Waals surface area contributed by atoms with Crippen LogP contribution in [0.1, 0.15) is 58.6 Å². The molecule has 12 heteroatoms. The van der Waals surface area contributed by atoms with E-state index in [1.807, 2.05) is 48.5 Å². The van der Waals surface area contributed by atoms with Gasteiger partial charge in [0, 0.05) is 11.7 Å². The first-order chi connectivity index (χ1) is 20.1. The van der Waals surface area contributed by atoms with Crippen LogP contribution in [0.4, 0.5) is 14.4 Å². The Morgan fingerprint density at radius 2 is 1.33 bits per heavy atom. The number of alkyl carbamates (subject to hydrolysis) is 1. The van der Waals surface area contributed by atoms with Crippen molar-refractivity contribution in [2.24, 2.45) is 0 Å². The smallest absolute Gasteiger partial charge is 0.420 e. The second-order valence-electron chi connectivity index (χ2n) is 11.7. The molecular weight excluding hydrogens is 576 g/mol. The number of benzene rings is 2. The first-order valence-electron chi connectivity index (χ1n) is 13.7. The van der Waals surface area contributed by atoms with Gasteiger partial charge in [-0.05, 0) is 63.8 Å². The van der Waals surface area contributed by atoms with Gasteiger partial charge >= 0.3 is 24.2 Å². The van der Waals surface area contributed by atoms with Crippen molar-refractivity contribution in [1.82, 2.24) is 10.2 Å². The van der Waals surface area contributed by atoms with E-state index < -0.39 is 53.2 Å². The topological polar surface area (TPSA) is 138 Å². The van der Waals surface area contributed by atoms with E-state index in [1.165, 1.54) is 0 Å². The number of nitrogens with one attached hydrogen (secondary N) is 1. The normalized spacial score (nSPS) is 13.2. The van der Waals surface area contributed by atoms with E-state index in [2.05, 4.69) is 5.32 Å². The highest BCUT2D eigenvalue weighted by Gasteiger charge is 2.41. The average Bonchev–Trinajstić information content (AvgIpc) is 3.24. The van der Waals surface area contributed by atoms with Crippen LogP contribution >= 0.6 is 11.8 Å². The van der Waals surface area contributed by atoms with Crippen LogP contribution in [0.2, 0.25) is 0 Å². The molecule has 232 valence electrons. The quantitative estimate of drug-likeness (QED) is 0.300. The minimum atomic E-state index is -1.54. The van der Waals surface area contributed by atoms with Gasteiger partial charge < -0.3 is 24.3 Å². The van der Waals surface area contributed by atoms with Crippen molar-refractivity contribution >= 4 is 41.1 Å². The Kier molecular flexibility index (Phi) is 10.8. The van der Waals surface area contributed by atoms with Crippen molar-refractivity contribution in [2.45, 2.75) is 64.7 Å². The molecule has 0 heterocycles. The lowest BCUT2D eigenvalue weighted by Gasteiger charge is -2.32. The second-order valence-corrected chi connectivity index (χ2v) is 12.8. The summed E-state index contributed by atoms with van der Waals surface area (Å²) in [5, 5.41) is 1.87. The summed E-state index contributed by atoms with van der Waals surface area (Å²) in [6, 6.07) is 14.3. The van der Waals surface area contributed by atoms with Gasteiger partial charge in [-0.1, -0.05) is 60.3 Å². The predicted molar refractivity (Wildman–Crippen MR) is 161 cm³/mol. The number of nitrogens with zero attached hydrogens (tertiary/aromatic N) is 1. The molecule has 0 radical (unpaired) electrons. The molecule has 2 aromatic carbocycles. The number of methoxy groups -OCH3 is 1. The maximum Gasteiger partial charge on any atom is 0.420 e. The Morgan fingerprint density at radius 1 is 0.837 bits per heavy atom. The van der Waals surface area contributed by atoms with Crippen LogP contribution in [0.15, 0.2) is 48.5 Å². The fourth-order valence-corrected chi connectivity index (χ4v) is 5.16. The first kappa shape index (κ1) is 33.4. The van der Waals surface area contributed by atoms with Crippen LogP contribution < -0.4 is 5.32 Å². The molecule has 0 aromatic heterocycles. The zero-order chi connectivity index (χ0) is 31.9. The summed E-state index contributed by atoms with van der Waals surface area (Å²) in [5.74, 6) is -1.46. The Balaban J connectivity index is 1.61. The van der Waals surface area contributed by atoms with Crippen molar-refractivity contribution in [1.29, 1.82) is 0 Å². The van der Waals surface area contributed by atoms with E-state index in [0.717, 1.165) is 29.4 Å². The van der Waals surface area contributed by atoms with E-state index >= 15 is 0 Å². The third-order valence-corrected chi connectivity index (χ3v) is 7.04. The van der Waals surface area contributed by atoms with E-state index in [9.17, 15) is 24.0 Å². The molecule has 0 saturated heterocycles. The highest BCUT2D eigenvalue weighted by molar-refractivity contribution is 8.13. The molecule has 2 aromatic rings. The van der Waals surface area contributed by atoms with Crippen LogP contribution in [-0.2, 0) is 28.5 Å². The zero-order valence-electron chi connectivity index (χ0n) is 25.4. The predicted octanol–water partition coefficient (Wildman–Crippen LogP) is 5.50. The molecular formula is C31H38N2O9S. The van der Waals surface area contributed by atoms with Gasteiger partial charge in [0.1, 0.15) is 17.8 Å². The van der Waals surface area contributed by atoms with Gasteiger partial charge in [0.05, 0.1) is 13.7 Å². The maximum absolute atomic E-state index is 13.0. The van der Waals surface area contributed by atoms with Gasteiger partial charge in [0.25, 0.3) is 0 Å². The first-order valence-corrected chi connectivity index (χ1v) is 14.7. The third-order valence-electron chi connectivity index (χ3n) is 6.09. The fourth-order valence-electron chi connectivity index (χ4n) is 4.35. The van der Waals surface area contributed by atoms with Crippen LogP contribution in [0, 0.1) is 0 Å². The van der Waals surface area contributed by atoms with Crippen LogP contribution in [0.25, 0.3) is 11.1 Å². The van der Waals surface area contributed by atoms with Gasteiger partial charge in [-0.15, -0.1) is 0 Å².